The molecule has 0 amide bonds. The molecular weight excluding hydrogens is 267 g/mol. The third-order valence-electron chi connectivity index (χ3n) is 1.29. The van der Waals surface area contributed by atoms with E-state index in [1.54, 1.807) is 14.0 Å². The van der Waals surface area contributed by atoms with Crippen molar-refractivity contribution in [2.45, 2.75) is 6.92 Å². The Hall–Kier alpha value is -0.720. The van der Waals surface area contributed by atoms with E-state index in [9.17, 15) is 0 Å². The summed E-state index contributed by atoms with van der Waals surface area (Å²) in [7, 11) is 1.73. The predicted octanol–water partition coefficient (Wildman–Crippen LogP) is 1.88. The van der Waals surface area contributed by atoms with E-state index in [1.807, 2.05) is 22.6 Å². The van der Waals surface area contributed by atoms with Crippen LogP contribution in [-0.4, -0.2) is 28.3 Å². The standard InChI is InChI=1S/C7H11IN4/c1-5(11-7(8)9)6(2)12(4)10-3/h9H,2-3H2,1,4H3. The van der Waals surface area contributed by atoms with E-state index in [1.165, 1.54) is 5.01 Å². The number of nitrogens with one attached hydrogen (secondary N) is 1. The van der Waals surface area contributed by atoms with E-state index in [0.29, 0.717) is 11.4 Å². The van der Waals surface area contributed by atoms with Crippen LogP contribution in [0.3, 0.4) is 0 Å². The van der Waals surface area contributed by atoms with Crippen molar-refractivity contribution in [3.8, 4) is 0 Å². The molecule has 0 aromatic heterocycles. The quantitative estimate of drug-likeness (QED) is 0.277. The molecule has 5 heteroatoms. The van der Waals surface area contributed by atoms with Crippen LogP contribution in [0.4, 0.5) is 0 Å². The summed E-state index contributed by atoms with van der Waals surface area (Å²) >= 11 is 1.82. The second kappa shape index (κ2) is 5.02. The van der Waals surface area contributed by atoms with Crippen molar-refractivity contribution in [2.75, 3.05) is 7.05 Å². The van der Waals surface area contributed by atoms with Gasteiger partial charge in [-0.15, -0.1) is 0 Å². The lowest BCUT2D eigenvalue weighted by Gasteiger charge is -2.13. The highest BCUT2D eigenvalue weighted by atomic mass is 127. The largest absolute Gasteiger partial charge is 0.277 e. The van der Waals surface area contributed by atoms with Gasteiger partial charge in [0.15, 0.2) is 3.84 Å². The Bertz CT molecular complexity index is 244. The normalized spacial score (nSPS) is 10.8. The lowest BCUT2D eigenvalue weighted by molar-refractivity contribution is 0.475. The maximum Gasteiger partial charge on any atom is 0.183 e. The van der Waals surface area contributed by atoms with E-state index in [2.05, 4.69) is 23.4 Å². The molecule has 0 radical (unpaired) electrons. The summed E-state index contributed by atoms with van der Waals surface area (Å²) in [5.74, 6) is 0. The fourth-order valence-corrected chi connectivity index (χ4v) is 0.893. The summed E-state index contributed by atoms with van der Waals surface area (Å²) in [6.07, 6.45) is 0. The third-order valence-corrected chi connectivity index (χ3v) is 1.53. The molecule has 0 unspecified atom stereocenters. The Balaban J connectivity index is 4.49. The molecule has 1 N–H and O–H groups in total. The van der Waals surface area contributed by atoms with Gasteiger partial charge < -0.3 is 0 Å². The van der Waals surface area contributed by atoms with Gasteiger partial charge in [-0.2, -0.15) is 5.10 Å². The molecule has 4 nitrogen and oxygen atoms in total. The Labute approximate surface area is 85.7 Å². The number of aliphatic imine (C=N–C) groups is 1. The van der Waals surface area contributed by atoms with Crippen LogP contribution in [0, 0.1) is 5.41 Å². The topological polar surface area (TPSA) is 51.8 Å². The molecule has 0 aliphatic rings. The number of rotatable bonds is 3. The van der Waals surface area contributed by atoms with Gasteiger partial charge in [-0.05, 0) is 6.92 Å². The van der Waals surface area contributed by atoms with Crippen molar-refractivity contribution in [3.63, 3.8) is 0 Å². The van der Waals surface area contributed by atoms with E-state index < -0.39 is 0 Å². The Morgan fingerprint density at radius 3 is 2.42 bits per heavy atom. The van der Waals surface area contributed by atoms with Gasteiger partial charge in [0.2, 0.25) is 0 Å². The molecule has 0 aliphatic heterocycles. The van der Waals surface area contributed by atoms with Crippen molar-refractivity contribution < 1.29 is 0 Å². The van der Waals surface area contributed by atoms with Crippen LogP contribution < -0.4 is 0 Å². The second-order valence-electron chi connectivity index (χ2n) is 2.10. The monoisotopic (exact) mass is 278 g/mol. The first-order valence-electron chi connectivity index (χ1n) is 3.18. The zero-order chi connectivity index (χ0) is 9.72. The van der Waals surface area contributed by atoms with Crippen LogP contribution >= 0.6 is 22.6 Å². The van der Waals surface area contributed by atoms with Gasteiger partial charge in [0.05, 0.1) is 11.4 Å². The Morgan fingerprint density at radius 1 is 1.58 bits per heavy atom. The molecule has 0 aromatic carbocycles. The van der Waals surface area contributed by atoms with Gasteiger partial charge in [-0.25, -0.2) is 4.99 Å². The number of allylic oxidation sites excluding steroid dienone is 1. The zero-order valence-corrected chi connectivity index (χ0v) is 9.29. The second-order valence-corrected chi connectivity index (χ2v) is 3.12. The lowest BCUT2D eigenvalue weighted by atomic mass is 10.3. The summed E-state index contributed by atoms with van der Waals surface area (Å²) in [6.45, 7) is 8.86. The fraction of sp³-hybridized carbons (Fsp3) is 0.286. The Morgan fingerprint density at radius 2 is 2.08 bits per heavy atom. The number of hydrogen-bond acceptors (Lipinski definition) is 3. The molecule has 66 valence electrons. The molecule has 0 fully saturated rings. The first-order chi connectivity index (χ1) is 5.49. The van der Waals surface area contributed by atoms with Crippen molar-refractivity contribution in [1.29, 1.82) is 5.41 Å². The predicted molar refractivity (Wildman–Crippen MR) is 61.3 cm³/mol. The fourth-order valence-electron chi connectivity index (χ4n) is 0.531. The Kier molecular flexibility index (Phi) is 4.72. The maximum atomic E-state index is 7.11. The van der Waals surface area contributed by atoms with E-state index in [-0.39, 0.29) is 3.84 Å². The zero-order valence-electron chi connectivity index (χ0n) is 7.13. The molecule has 0 bridgehead atoms. The number of nitrogens with zero attached hydrogens (tertiary/aromatic N) is 3. The third kappa shape index (κ3) is 3.61. The van der Waals surface area contributed by atoms with Crippen molar-refractivity contribution >= 4 is 38.9 Å². The van der Waals surface area contributed by atoms with Crippen LogP contribution in [0.1, 0.15) is 6.92 Å². The molecule has 0 spiro atoms. The summed E-state index contributed by atoms with van der Waals surface area (Å²) in [5.41, 5.74) is 1.32. The van der Waals surface area contributed by atoms with E-state index >= 15 is 0 Å². The van der Waals surface area contributed by atoms with Gasteiger partial charge in [-0.1, -0.05) is 6.58 Å². The van der Waals surface area contributed by atoms with E-state index in [4.69, 9.17) is 5.41 Å². The van der Waals surface area contributed by atoms with Crippen molar-refractivity contribution in [1.82, 2.24) is 5.01 Å². The SMILES string of the molecule is C=NN(C)C(=C)C(C)=NC(=N)I. The van der Waals surface area contributed by atoms with Gasteiger partial charge in [0.25, 0.3) is 0 Å². The smallest absolute Gasteiger partial charge is 0.183 e. The highest BCUT2D eigenvalue weighted by Crippen LogP contribution is 2.02. The minimum atomic E-state index is 0.226. The highest BCUT2D eigenvalue weighted by Gasteiger charge is 2.02. The average molecular weight is 278 g/mol. The lowest BCUT2D eigenvalue weighted by Crippen LogP contribution is -2.15. The minimum absolute atomic E-state index is 0.226. The van der Waals surface area contributed by atoms with Crippen LogP contribution in [0.15, 0.2) is 22.4 Å². The molecule has 0 aromatic rings. The molecule has 0 aliphatic carbocycles. The van der Waals surface area contributed by atoms with Crippen LogP contribution in [0.2, 0.25) is 0 Å². The minimum Gasteiger partial charge on any atom is -0.277 e. The summed E-state index contributed by atoms with van der Waals surface area (Å²) in [6, 6.07) is 0. The first kappa shape index (κ1) is 11.3. The van der Waals surface area contributed by atoms with Gasteiger partial charge >= 0.3 is 0 Å². The maximum absolute atomic E-state index is 7.11. The average Bonchev–Trinajstić information content (AvgIpc) is 2.00. The molecule has 0 heterocycles. The van der Waals surface area contributed by atoms with E-state index in [0.717, 1.165) is 0 Å². The number of halogens is 1. The summed E-state index contributed by atoms with van der Waals surface area (Å²) in [5, 5.41) is 12.3. The highest BCUT2D eigenvalue weighted by molar-refractivity contribution is 14.1. The molecule has 0 saturated carbocycles. The van der Waals surface area contributed by atoms with Gasteiger partial charge in [-0.3, -0.25) is 10.4 Å². The van der Waals surface area contributed by atoms with Crippen molar-refractivity contribution in [3.05, 3.63) is 12.3 Å². The molecular formula is C7H11IN4. The molecule has 12 heavy (non-hydrogen) atoms. The summed E-state index contributed by atoms with van der Waals surface area (Å²) in [4.78, 5) is 3.90. The molecule has 0 saturated heterocycles. The first-order valence-corrected chi connectivity index (χ1v) is 4.26. The molecule has 0 atom stereocenters. The van der Waals surface area contributed by atoms with Crippen LogP contribution in [0.25, 0.3) is 0 Å². The molecule has 0 rings (SSSR count). The van der Waals surface area contributed by atoms with Gasteiger partial charge in [0.1, 0.15) is 0 Å². The number of amidine groups is 1. The van der Waals surface area contributed by atoms with Crippen molar-refractivity contribution in [2.24, 2.45) is 10.1 Å². The number of hydrogen-bond donors (Lipinski definition) is 1. The number of hydrazone groups is 1. The summed E-state index contributed by atoms with van der Waals surface area (Å²) < 4.78 is 0.226. The van der Waals surface area contributed by atoms with Gasteiger partial charge in [0, 0.05) is 36.4 Å². The van der Waals surface area contributed by atoms with Crippen LogP contribution in [-0.2, 0) is 0 Å². The van der Waals surface area contributed by atoms with Crippen LogP contribution in [0.5, 0.6) is 0 Å².